The molecule has 14 heavy (non-hydrogen) atoms. The van der Waals surface area contributed by atoms with E-state index in [2.05, 4.69) is 0 Å². The van der Waals surface area contributed by atoms with Crippen LogP contribution in [0.15, 0.2) is 11.6 Å². The van der Waals surface area contributed by atoms with Gasteiger partial charge in [0.2, 0.25) is 0 Å². The zero-order chi connectivity index (χ0) is 10.6. The normalized spacial score (nSPS) is 29.6. The van der Waals surface area contributed by atoms with Crippen LogP contribution in [0.5, 0.6) is 0 Å². The number of rotatable bonds is 3. The summed E-state index contributed by atoms with van der Waals surface area (Å²) in [6.07, 6.45) is 2.99. The first-order chi connectivity index (χ1) is 6.58. The first-order valence-electron chi connectivity index (χ1n) is 4.58. The Morgan fingerprint density at radius 1 is 1.71 bits per heavy atom. The Morgan fingerprint density at radius 2 is 2.43 bits per heavy atom. The molecule has 1 aliphatic heterocycles. The van der Waals surface area contributed by atoms with Gasteiger partial charge in [-0.2, -0.15) is 0 Å². The SMILES string of the molecule is NC(=O)C1(O)CCCN(C/C=C/Cl)C1. The lowest BCUT2D eigenvalue weighted by atomic mass is 9.92. The number of hydrogen-bond acceptors (Lipinski definition) is 3. The van der Waals surface area contributed by atoms with E-state index in [4.69, 9.17) is 17.3 Å². The summed E-state index contributed by atoms with van der Waals surface area (Å²) in [6, 6.07) is 0. The van der Waals surface area contributed by atoms with Crippen LogP contribution in [-0.4, -0.2) is 41.1 Å². The largest absolute Gasteiger partial charge is 0.379 e. The minimum absolute atomic E-state index is 0.295. The van der Waals surface area contributed by atoms with Gasteiger partial charge in [-0.25, -0.2) is 0 Å². The average molecular weight is 219 g/mol. The van der Waals surface area contributed by atoms with Crippen LogP contribution in [-0.2, 0) is 4.79 Å². The van der Waals surface area contributed by atoms with Crippen LogP contribution >= 0.6 is 11.6 Å². The molecule has 1 aliphatic rings. The topological polar surface area (TPSA) is 66.6 Å². The highest BCUT2D eigenvalue weighted by Gasteiger charge is 2.38. The molecular weight excluding hydrogens is 204 g/mol. The van der Waals surface area contributed by atoms with Crippen molar-refractivity contribution in [1.82, 2.24) is 4.90 Å². The number of piperidine rings is 1. The number of halogens is 1. The number of β-amino-alcohol motifs (C(OH)–C–C–N with tert-alkyl or cyclic N) is 1. The Balaban J connectivity index is 2.55. The number of nitrogens with zero attached hydrogens (tertiary/aromatic N) is 1. The number of likely N-dealkylation sites (tertiary alicyclic amines) is 1. The molecule has 1 saturated heterocycles. The van der Waals surface area contributed by atoms with E-state index in [0.29, 0.717) is 19.5 Å². The molecule has 5 heteroatoms. The van der Waals surface area contributed by atoms with Gasteiger partial charge in [-0.1, -0.05) is 17.7 Å². The number of primary amides is 1. The van der Waals surface area contributed by atoms with Crippen LogP contribution in [0.25, 0.3) is 0 Å². The van der Waals surface area contributed by atoms with Gasteiger partial charge < -0.3 is 10.8 Å². The van der Waals surface area contributed by atoms with Crippen LogP contribution in [0.3, 0.4) is 0 Å². The molecule has 0 aliphatic carbocycles. The van der Waals surface area contributed by atoms with E-state index >= 15 is 0 Å². The Morgan fingerprint density at radius 3 is 3.00 bits per heavy atom. The van der Waals surface area contributed by atoms with Crippen molar-refractivity contribution in [2.45, 2.75) is 18.4 Å². The highest BCUT2D eigenvalue weighted by molar-refractivity contribution is 6.25. The van der Waals surface area contributed by atoms with E-state index in [-0.39, 0.29) is 0 Å². The summed E-state index contributed by atoms with van der Waals surface area (Å²) in [7, 11) is 0. The molecule has 0 spiro atoms. The fourth-order valence-electron chi connectivity index (χ4n) is 1.67. The van der Waals surface area contributed by atoms with Gasteiger partial charge in [0.15, 0.2) is 5.60 Å². The maximum atomic E-state index is 11.0. The summed E-state index contributed by atoms with van der Waals surface area (Å²) in [5.74, 6) is -0.642. The van der Waals surface area contributed by atoms with E-state index < -0.39 is 11.5 Å². The summed E-state index contributed by atoms with van der Waals surface area (Å²) in [4.78, 5) is 12.9. The van der Waals surface area contributed by atoms with Crippen LogP contribution in [0, 0.1) is 0 Å². The van der Waals surface area contributed by atoms with Gasteiger partial charge in [-0.15, -0.1) is 0 Å². The molecule has 80 valence electrons. The summed E-state index contributed by atoms with van der Waals surface area (Å²) in [5, 5.41) is 9.84. The number of hydrogen-bond donors (Lipinski definition) is 2. The smallest absolute Gasteiger partial charge is 0.250 e. The van der Waals surface area contributed by atoms with Crippen molar-refractivity contribution in [2.24, 2.45) is 5.73 Å². The first-order valence-corrected chi connectivity index (χ1v) is 5.02. The summed E-state index contributed by atoms with van der Waals surface area (Å²) < 4.78 is 0. The van der Waals surface area contributed by atoms with Gasteiger partial charge in [0, 0.05) is 18.6 Å². The van der Waals surface area contributed by atoms with Gasteiger partial charge in [-0.3, -0.25) is 9.69 Å². The lowest BCUT2D eigenvalue weighted by Gasteiger charge is -2.36. The molecule has 0 radical (unpaired) electrons. The lowest BCUT2D eigenvalue weighted by Crippen LogP contribution is -2.55. The van der Waals surface area contributed by atoms with Crippen LogP contribution in [0.1, 0.15) is 12.8 Å². The highest BCUT2D eigenvalue weighted by Crippen LogP contribution is 2.20. The molecule has 1 fully saturated rings. The molecule has 1 unspecified atom stereocenters. The lowest BCUT2D eigenvalue weighted by molar-refractivity contribution is -0.141. The standard InChI is InChI=1S/C9H15ClN2O2/c10-4-2-6-12-5-1-3-9(14,7-12)8(11)13/h2,4,14H,1,3,5-7H2,(H2,11,13)/b4-2+. The minimum atomic E-state index is -1.36. The van der Waals surface area contributed by atoms with E-state index in [1.165, 1.54) is 5.54 Å². The Labute approximate surface area is 88.3 Å². The third kappa shape index (κ3) is 2.70. The molecule has 0 aromatic heterocycles. The molecular formula is C9H15ClN2O2. The van der Waals surface area contributed by atoms with Gasteiger partial charge in [0.05, 0.1) is 0 Å². The fourth-order valence-corrected chi connectivity index (χ4v) is 1.75. The Bertz CT molecular complexity index is 245. The second-order valence-electron chi connectivity index (χ2n) is 3.60. The van der Waals surface area contributed by atoms with Gasteiger partial charge in [0.1, 0.15) is 0 Å². The van der Waals surface area contributed by atoms with Crippen molar-refractivity contribution < 1.29 is 9.90 Å². The Hall–Kier alpha value is -0.580. The number of carbonyl (C=O) groups excluding carboxylic acids is 1. The molecule has 0 aromatic rings. The van der Waals surface area contributed by atoms with Crippen molar-refractivity contribution in [3.8, 4) is 0 Å². The van der Waals surface area contributed by atoms with Crippen molar-refractivity contribution in [3.05, 3.63) is 11.6 Å². The molecule has 4 nitrogen and oxygen atoms in total. The van der Waals surface area contributed by atoms with Crippen molar-refractivity contribution in [2.75, 3.05) is 19.6 Å². The van der Waals surface area contributed by atoms with Gasteiger partial charge in [0.25, 0.3) is 5.91 Å². The first kappa shape index (κ1) is 11.5. The van der Waals surface area contributed by atoms with Crippen LogP contribution < -0.4 is 5.73 Å². The summed E-state index contributed by atoms with van der Waals surface area (Å²) in [6.45, 7) is 1.79. The number of amides is 1. The third-order valence-electron chi connectivity index (χ3n) is 2.46. The number of carbonyl (C=O) groups is 1. The quantitative estimate of drug-likeness (QED) is 0.704. The molecule has 1 amide bonds. The maximum Gasteiger partial charge on any atom is 0.250 e. The van der Waals surface area contributed by atoms with Crippen LogP contribution in [0.4, 0.5) is 0 Å². The second-order valence-corrected chi connectivity index (χ2v) is 3.85. The number of nitrogens with two attached hydrogens (primary N) is 1. The van der Waals surface area contributed by atoms with E-state index in [1.807, 2.05) is 4.90 Å². The molecule has 3 N–H and O–H groups in total. The average Bonchev–Trinajstić information content (AvgIpc) is 2.15. The van der Waals surface area contributed by atoms with E-state index in [1.54, 1.807) is 6.08 Å². The monoisotopic (exact) mass is 218 g/mol. The predicted molar refractivity (Wildman–Crippen MR) is 54.8 cm³/mol. The number of aliphatic hydroxyl groups is 1. The third-order valence-corrected chi connectivity index (χ3v) is 2.64. The Kier molecular flexibility index (Phi) is 3.92. The zero-order valence-corrected chi connectivity index (χ0v) is 8.70. The van der Waals surface area contributed by atoms with Gasteiger partial charge in [-0.05, 0) is 19.4 Å². The summed E-state index contributed by atoms with van der Waals surface area (Å²) >= 11 is 5.39. The summed E-state index contributed by atoms with van der Waals surface area (Å²) in [5.41, 5.74) is 5.20. The second kappa shape index (κ2) is 4.77. The predicted octanol–water partition coefficient (Wildman–Crippen LogP) is 0.0511. The molecule has 1 atom stereocenters. The fraction of sp³-hybridized carbons (Fsp3) is 0.667. The molecule has 1 heterocycles. The van der Waals surface area contributed by atoms with E-state index in [0.717, 1.165) is 13.0 Å². The minimum Gasteiger partial charge on any atom is -0.379 e. The van der Waals surface area contributed by atoms with Crippen molar-refractivity contribution in [3.63, 3.8) is 0 Å². The van der Waals surface area contributed by atoms with Crippen molar-refractivity contribution in [1.29, 1.82) is 0 Å². The molecule has 0 bridgehead atoms. The van der Waals surface area contributed by atoms with E-state index in [9.17, 15) is 9.90 Å². The maximum absolute atomic E-state index is 11.0. The van der Waals surface area contributed by atoms with Crippen LogP contribution in [0.2, 0.25) is 0 Å². The molecule has 0 aromatic carbocycles. The zero-order valence-electron chi connectivity index (χ0n) is 7.95. The highest BCUT2D eigenvalue weighted by atomic mass is 35.5. The molecule has 0 saturated carbocycles. The molecule has 1 rings (SSSR count). The van der Waals surface area contributed by atoms with Crippen molar-refractivity contribution >= 4 is 17.5 Å². The van der Waals surface area contributed by atoms with Gasteiger partial charge >= 0.3 is 0 Å².